The molecule has 0 saturated carbocycles. The molecule has 96 valence electrons. The maximum absolute atomic E-state index is 4.97. The largest absolute Gasteiger partial charge is 0.360 e. The smallest absolute Gasteiger partial charge is 0.247 e. The van der Waals surface area contributed by atoms with Gasteiger partial charge in [-0.1, -0.05) is 5.16 Å². The van der Waals surface area contributed by atoms with E-state index in [9.17, 15) is 0 Å². The third-order valence-electron chi connectivity index (χ3n) is 2.48. The van der Waals surface area contributed by atoms with Gasteiger partial charge in [0.1, 0.15) is 5.76 Å². The highest BCUT2D eigenvalue weighted by atomic mass is 16.5. The molecule has 0 aromatic carbocycles. The highest BCUT2D eigenvalue weighted by Crippen LogP contribution is 2.15. The Morgan fingerprint density at radius 1 is 1.28 bits per heavy atom. The van der Waals surface area contributed by atoms with E-state index in [0.29, 0.717) is 17.6 Å². The fourth-order valence-electron chi connectivity index (χ4n) is 1.55. The van der Waals surface area contributed by atoms with Crippen LogP contribution in [-0.4, -0.2) is 33.4 Å². The van der Waals surface area contributed by atoms with Gasteiger partial charge in [0.05, 0.1) is 6.20 Å². The third-order valence-corrected chi connectivity index (χ3v) is 2.48. The Balaban J connectivity index is 2.16. The van der Waals surface area contributed by atoms with Crippen LogP contribution in [0.25, 0.3) is 0 Å². The zero-order chi connectivity index (χ0) is 13.0. The predicted molar refractivity (Wildman–Crippen MR) is 67.9 cm³/mol. The molecule has 0 aliphatic carbocycles. The van der Waals surface area contributed by atoms with Crippen LogP contribution >= 0.6 is 0 Å². The molecule has 7 heteroatoms. The van der Waals surface area contributed by atoms with Gasteiger partial charge in [-0.25, -0.2) is 0 Å². The number of hydrogen-bond donors (Lipinski definition) is 1. The van der Waals surface area contributed by atoms with Gasteiger partial charge in [0, 0.05) is 19.2 Å². The Kier molecular flexibility index (Phi) is 3.71. The molecule has 2 aromatic heterocycles. The normalized spacial score (nSPS) is 10.4. The molecule has 2 heterocycles. The van der Waals surface area contributed by atoms with Crippen molar-refractivity contribution >= 4 is 17.6 Å². The quantitative estimate of drug-likeness (QED) is 0.863. The summed E-state index contributed by atoms with van der Waals surface area (Å²) in [5.74, 6) is 2.55. The third kappa shape index (κ3) is 2.73. The predicted octanol–water partition coefficient (Wildman–Crippen LogP) is 1.76. The summed E-state index contributed by atoms with van der Waals surface area (Å²) < 4.78 is 4.97. The Labute approximate surface area is 105 Å². The molecule has 0 fully saturated rings. The van der Waals surface area contributed by atoms with Gasteiger partial charge < -0.3 is 14.7 Å². The number of anilines is 3. The molecule has 0 atom stereocenters. The lowest BCUT2D eigenvalue weighted by atomic mass is 10.5. The van der Waals surface area contributed by atoms with Crippen LogP contribution in [0.2, 0.25) is 0 Å². The fraction of sp³-hybridized carbons (Fsp3) is 0.455. The van der Waals surface area contributed by atoms with Crippen LogP contribution < -0.4 is 10.2 Å². The van der Waals surface area contributed by atoms with Crippen molar-refractivity contribution in [1.29, 1.82) is 0 Å². The van der Waals surface area contributed by atoms with Gasteiger partial charge in [-0.15, -0.1) is 5.10 Å². The van der Waals surface area contributed by atoms with Crippen molar-refractivity contribution in [1.82, 2.24) is 20.3 Å². The van der Waals surface area contributed by atoms with Crippen molar-refractivity contribution in [3.63, 3.8) is 0 Å². The van der Waals surface area contributed by atoms with E-state index in [-0.39, 0.29) is 0 Å². The molecule has 0 aliphatic rings. The minimum atomic E-state index is 0.597. The molecular weight excluding hydrogens is 232 g/mol. The van der Waals surface area contributed by atoms with E-state index in [0.717, 1.165) is 18.8 Å². The van der Waals surface area contributed by atoms with Crippen LogP contribution in [0.3, 0.4) is 0 Å². The Morgan fingerprint density at radius 3 is 2.67 bits per heavy atom. The van der Waals surface area contributed by atoms with Crippen LogP contribution in [0.4, 0.5) is 17.6 Å². The number of rotatable bonds is 5. The van der Waals surface area contributed by atoms with Gasteiger partial charge in [-0.05, 0) is 20.8 Å². The zero-order valence-corrected chi connectivity index (χ0v) is 10.7. The molecule has 0 unspecified atom stereocenters. The van der Waals surface area contributed by atoms with Crippen molar-refractivity contribution in [2.75, 3.05) is 23.3 Å². The first-order valence-electron chi connectivity index (χ1n) is 5.88. The molecule has 1 N–H and O–H groups in total. The van der Waals surface area contributed by atoms with E-state index < -0.39 is 0 Å². The standard InChI is InChI=1S/C11H16N6O/c1-4-17(5-2)11-14-10(7-12-15-11)13-9-6-8(3)18-16-9/h6-7H,4-5H2,1-3H3,(H,13,14,15,16). The van der Waals surface area contributed by atoms with Crippen molar-refractivity contribution < 1.29 is 4.52 Å². The molecule has 0 aliphatic heterocycles. The van der Waals surface area contributed by atoms with E-state index in [2.05, 4.69) is 25.7 Å². The molecule has 0 bridgehead atoms. The molecule has 18 heavy (non-hydrogen) atoms. The average Bonchev–Trinajstić information content (AvgIpc) is 2.77. The lowest BCUT2D eigenvalue weighted by molar-refractivity contribution is 0.400. The van der Waals surface area contributed by atoms with Gasteiger partial charge in [-0.2, -0.15) is 10.1 Å². The topological polar surface area (TPSA) is 80.0 Å². The molecule has 0 radical (unpaired) electrons. The zero-order valence-electron chi connectivity index (χ0n) is 10.7. The Bertz CT molecular complexity index is 508. The Morgan fingerprint density at radius 2 is 2.06 bits per heavy atom. The van der Waals surface area contributed by atoms with Gasteiger partial charge in [0.2, 0.25) is 5.95 Å². The molecule has 0 spiro atoms. The first kappa shape index (κ1) is 12.3. The van der Waals surface area contributed by atoms with Gasteiger partial charge in [-0.3, -0.25) is 0 Å². The monoisotopic (exact) mass is 248 g/mol. The first-order chi connectivity index (χ1) is 8.72. The molecule has 7 nitrogen and oxygen atoms in total. The SMILES string of the molecule is CCN(CC)c1nncc(Nc2cc(C)on2)n1. The van der Waals surface area contributed by atoms with E-state index in [1.54, 1.807) is 12.3 Å². The second-order valence-electron chi connectivity index (χ2n) is 3.76. The van der Waals surface area contributed by atoms with E-state index >= 15 is 0 Å². The minimum absolute atomic E-state index is 0.597. The lowest BCUT2D eigenvalue weighted by Gasteiger charge is -2.17. The summed E-state index contributed by atoms with van der Waals surface area (Å²) in [5, 5.41) is 14.8. The minimum Gasteiger partial charge on any atom is -0.360 e. The number of aryl methyl sites for hydroxylation is 1. The molecular formula is C11H16N6O. The van der Waals surface area contributed by atoms with E-state index in [1.807, 2.05) is 25.7 Å². The second-order valence-corrected chi connectivity index (χ2v) is 3.76. The van der Waals surface area contributed by atoms with E-state index in [4.69, 9.17) is 4.52 Å². The average molecular weight is 248 g/mol. The summed E-state index contributed by atoms with van der Waals surface area (Å²) in [6.45, 7) is 7.61. The van der Waals surface area contributed by atoms with Crippen molar-refractivity contribution in [2.45, 2.75) is 20.8 Å². The molecule has 0 saturated heterocycles. The van der Waals surface area contributed by atoms with Gasteiger partial charge in [0.25, 0.3) is 0 Å². The first-order valence-corrected chi connectivity index (χ1v) is 5.88. The highest BCUT2D eigenvalue weighted by molar-refractivity contribution is 5.51. The summed E-state index contributed by atoms with van der Waals surface area (Å²) >= 11 is 0. The van der Waals surface area contributed by atoms with Crippen LogP contribution in [-0.2, 0) is 0 Å². The van der Waals surface area contributed by atoms with E-state index in [1.165, 1.54) is 0 Å². The summed E-state index contributed by atoms with van der Waals surface area (Å²) in [6, 6.07) is 1.79. The summed E-state index contributed by atoms with van der Waals surface area (Å²) in [4.78, 5) is 6.40. The summed E-state index contributed by atoms with van der Waals surface area (Å²) in [7, 11) is 0. The van der Waals surface area contributed by atoms with Crippen molar-refractivity contribution in [3.8, 4) is 0 Å². The van der Waals surface area contributed by atoms with Gasteiger partial charge in [0.15, 0.2) is 11.6 Å². The van der Waals surface area contributed by atoms with Crippen LogP contribution in [0.5, 0.6) is 0 Å². The van der Waals surface area contributed by atoms with Gasteiger partial charge >= 0.3 is 0 Å². The van der Waals surface area contributed by atoms with Crippen molar-refractivity contribution in [2.24, 2.45) is 0 Å². The summed E-state index contributed by atoms with van der Waals surface area (Å²) in [5.41, 5.74) is 0. The second kappa shape index (κ2) is 5.44. The summed E-state index contributed by atoms with van der Waals surface area (Å²) in [6.07, 6.45) is 1.55. The Hall–Kier alpha value is -2.18. The molecule has 2 rings (SSSR count). The number of nitrogens with zero attached hydrogens (tertiary/aromatic N) is 5. The lowest BCUT2D eigenvalue weighted by Crippen LogP contribution is -2.24. The number of nitrogens with one attached hydrogen (secondary N) is 1. The maximum atomic E-state index is 4.97. The fourth-order valence-corrected chi connectivity index (χ4v) is 1.55. The molecule has 0 amide bonds. The maximum Gasteiger partial charge on any atom is 0.247 e. The number of aromatic nitrogens is 4. The van der Waals surface area contributed by atoms with Crippen LogP contribution in [0.15, 0.2) is 16.8 Å². The van der Waals surface area contributed by atoms with Crippen LogP contribution in [0, 0.1) is 6.92 Å². The number of hydrogen-bond acceptors (Lipinski definition) is 7. The molecule has 2 aromatic rings. The van der Waals surface area contributed by atoms with Crippen molar-refractivity contribution in [3.05, 3.63) is 18.0 Å². The van der Waals surface area contributed by atoms with Crippen LogP contribution in [0.1, 0.15) is 19.6 Å². The highest BCUT2D eigenvalue weighted by Gasteiger charge is 2.08.